The summed E-state index contributed by atoms with van der Waals surface area (Å²) >= 11 is 0. The van der Waals surface area contributed by atoms with Crippen LogP contribution in [0.4, 0.5) is 0 Å². The molecule has 5 heteroatoms. The van der Waals surface area contributed by atoms with Crippen molar-refractivity contribution in [2.75, 3.05) is 7.11 Å². The first kappa shape index (κ1) is 14.8. The number of aliphatic carboxylic acids is 1. The fourth-order valence-corrected chi connectivity index (χ4v) is 2.06. The van der Waals surface area contributed by atoms with E-state index in [1.165, 1.54) is 0 Å². The second kappa shape index (κ2) is 6.26. The average Bonchev–Trinajstić information content (AvgIpc) is 2.77. The van der Waals surface area contributed by atoms with Crippen LogP contribution < -0.4 is 4.74 Å². The molecule has 1 aromatic heterocycles. The average molecular weight is 286 g/mol. The molecular formula is C16H18N2O3. The molecular weight excluding hydrogens is 268 g/mol. The van der Waals surface area contributed by atoms with Crippen LogP contribution in [0.2, 0.25) is 0 Å². The van der Waals surface area contributed by atoms with Crippen LogP contribution in [0.5, 0.6) is 5.75 Å². The van der Waals surface area contributed by atoms with Gasteiger partial charge in [-0.2, -0.15) is 0 Å². The van der Waals surface area contributed by atoms with Crippen LogP contribution in [0.25, 0.3) is 6.08 Å². The van der Waals surface area contributed by atoms with E-state index in [1.54, 1.807) is 19.5 Å². The molecule has 21 heavy (non-hydrogen) atoms. The number of carboxylic acids is 1. The molecule has 1 aromatic carbocycles. The van der Waals surface area contributed by atoms with Crippen LogP contribution in [-0.4, -0.2) is 27.7 Å². The molecule has 0 amide bonds. The molecule has 0 bridgehead atoms. The molecule has 0 atom stereocenters. The highest BCUT2D eigenvalue weighted by atomic mass is 16.5. The Bertz CT molecular complexity index is 687. The number of aryl methyl sites for hydroxylation is 1. The number of hydrogen-bond acceptors (Lipinski definition) is 3. The van der Waals surface area contributed by atoms with Crippen LogP contribution in [-0.2, 0) is 11.3 Å². The smallest absolute Gasteiger partial charge is 0.328 e. The van der Waals surface area contributed by atoms with E-state index in [-0.39, 0.29) is 0 Å². The highest BCUT2D eigenvalue weighted by molar-refractivity contribution is 5.85. The largest absolute Gasteiger partial charge is 0.497 e. The van der Waals surface area contributed by atoms with Crippen LogP contribution in [0.15, 0.2) is 30.6 Å². The van der Waals surface area contributed by atoms with Gasteiger partial charge in [-0.15, -0.1) is 0 Å². The molecule has 5 nitrogen and oxygen atoms in total. The minimum absolute atomic E-state index is 0.614. The molecule has 0 spiro atoms. The van der Waals surface area contributed by atoms with Gasteiger partial charge < -0.3 is 14.4 Å². The first-order valence-electron chi connectivity index (χ1n) is 6.57. The number of aromatic nitrogens is 2. The molecule has 2 rings (SSSR count). The third-order valence-corrected chi connectivity index (χ3v) is 3.44. The summed E-state index contributed by atoms with van der Waals surface area (Å²) in [5.41, 5.74) is 3.91. The predicted octanol–water partition coefficient (Wildman–Crippen LogP) is 2.65. The Kier molecular flexibility index (Phi) is 4.42. The summed E-state index contributed by atoms with van der Waals surface area (Å²) in [6.07, 6.45) is 4.52. The zero-order chi connectivity index (χ0) is 15.4. The Balaban J connectivity index is 2.39. The number of rotatable bonds is 5. The lowest BCUT2D eigenvalue weighted by atomic mass is 10.1. The number of nitrogens with zero attached hydrogens (tertiary/aromatic N) is 2. The Morgan fingerprint density at radius 1 is 1.43 bits per heavy atom. The van der Waals surface area contributed by atoms with Gasteiger partial charge in [0, 0.05) is 18.3 Å². The summed E-state index contributed by atoms with van der Waals surface area (Å²) in [4.78, 5) is 15.0. The number of hydrogen-bond donors (Lipinski definition) is 1. The van der Waals surface area contributed by atoms with Crippen LogP contribution in [0.3, 0.4) is 0 Å². The van der Waals surface area contributed by atoms with Gasteiger partial charge in [-0.25, -0.2) is 9.78 Å². The predicted molar refractivity (Wildman–Crippen MR) is 80.5 cm³/mol. The van der Waals surface area contributed by atoms with Gasteiger partial charge in [-0.3, -0.25) is 0 Å². The zero-order valence-electron chi connectivity index (χ0n) is 12.3. The van der Waals surface area contributed by atoms with Crippen molar-refractivity contribution in [3.63, 3.8) is 0 Å². The number of ether oxygens (including phenoxy) is 1. The van der Waals surface area contributed by atoms with Gasteiger partial charge in [0.25, 0.3) is 0 Å². The topological polar surface area (TPSA) is 64.3 Å². The zero-order valence-corrected chi connectivity index (χ0v) is 12.3. The number of methoxy groups -OCH3 is 1. The summed E-state index contributed by atoms with van der Waals surface area (Å²) in [6.45, 7) is 4.58. The second-order valence-corrected chi connectivity index (χ2v) is 4.78. The molecule has 0 saturated carbocycles. The van der Waals surface area contributed by atoms with Crippen LogP contribution >= 0.6 is 0 Å². The molecule has 0 unspecified atom stereocenters. The molecule has 2 aromatic rings. The molecule has 1 heterocycles. The van der Waals surface area contributed by atoms with Gasteiger partial charge in [-0.05, 0) is 43.2 Å². The van der Waals surface area contributed by atoms with Crippen molar-refractivity contribution in [2.45, 2.75) is 20.4 Å². The van der Waals surface area contributed by atoms with Gasteiger partial charge in [-0.1, -0.05) is 6.07 Å². The standard InChI is InChI=1S/C16H18N2O3/c1-11-12(2)18(10-17-11)9-14-8-15(21-3)6-4-13(14)5-7-16(19)20/h4-8,10H,9H2,1-3H3,(H,19,20). The summed E-state index contributed by atoms with van der Waals surface area (Å²) in [7, 11) is 1.61. The molecule has 0 fully saturated rings. The van der Waals surface area contributed by atoms with Crippen molar-refractivity contribution in [1.29, 1.82) is 0 Å². The molecule has 0 saturated heterocycles. The van der Waals surface area contributed by atoms with Crippen LogP contribution in [0.1, 0.15) is 22.5 Å². The van der Waals surface area contributed by atoms with Crippen molar-refractivity contribution >= 4 is 12.0 Å². The van der Waals surface area contributed by atoms with Crippen molar-refractivity contribution in [3.05, 3.63) is 53.1 Å². The first-order valence-corrected chi connectivity index (χ1v) is 6.57. The Morgan fingerprint density at radius 3 is 2.76 bits per heavy atom. The number of imidazole rings is 1. The lowest BCUT2D eigenvalue weighted by molar-refractivity contribution is -0.131. The van der Waals surface area contributed by atoms with Gasteiger partial charge in [0.1, 0.15) is 5.75 Å². The lowest BCUT2D eigenvalue weighted by Crippen LogP contribution is -2.03. The first-order chi connectivity index (χ1) is 10.0. The molecule has 0 aliphatic heterocycles. The fraction of sp³-hybridized carbons (Fsp3) is 0.250. The molecule has 110 valence electrons. The highest BCUT2D eigenvalue weighted by Gasteiger charge is 2.07. The summed E-state index contributed by atoms with van der Waals surface area (Å²) in [5.74, 6) is -0.224. The number of carbonyl (C=O) groups is 1. The van der Waals surface area contributed by atoms with Gasteiger partial charge in [0.15, 0.2) is 0 Å². The van der Waals surface area contributed by atoms with E-state index >= 15 is 0 Å². The second-order valence-electron chi connectivity index (χ2n) is 4.78. The van der Waals surface area contributed by atoms with Crippen molar-refractivity contribution in [3.8, 4) is 5.75 Å². The van der Waals surface area contributed by atoms with E-state index in [1.807, 2.05) is 36.6 Å². The monoisotopic (exact) mass is 286 g/mol. The lowest BCUT2D eigenvalue weighted by Gasteiger charge is -2.11. The molecule has 0 aliphatic rings. The normalized spacial score (nSPS) is 11.0. The van der Waals surface area contributed by atoms with E-state index in [2.05, 4.69) is 4.98 Å². The van der Waals surface area contributed by atoms with Crippen molar-refractivity contribution < 1.29 is 14.6 Å². The SMILES string of the molecule is COc1ccc(C=CC(=O)O)c(Cn2cnc(C)c2C)c1. The van der Waals surface area contributed by atoms with Gasteiger partial charge >= 0.3 is 5.97 Å². The molecule has 0 aliphatic carbocycles. The minimum Gasteiger partial charge on any atom is -0.497 e. The Labute approximate surface area is 123 Å². The number of carboxylic acid groups (broad SMARTS) is 1. The van der Waals surface area contributed by atoms with E-state index < -0.39 is 5.97 Å². The third kappa shape index (κ3) is 3.51. The summed E-state index contributed by atoms with van der Waals surface area (Å²) in [6, 6.07) is 5.58. The molecule has 1 N–H and O–H groups in total. The van der Waals surface area contributed by atoms with E-state index in [0.717, 1.165) is 34.3 Å². The quantitative estimate of drug-likeness (QED) is 0.858. The third-order valence-electron chi connectivity index (χ3n) is 3.44. The molecule has 0 radical (unpaired) electrons. The van der Waals surface area contributed by atoms with E-state index in [4.69, 9.17) is 9.84 Å². The Hall–Kier alpha value is -2.56. The van der Waals surface area contributed by atoms with Crippen molar-refractivity contribution in [2.24, 2.45) is 0 Å². The van der Waals surface area contributed by atoms with E-state index in [9.17, 15) is 4.79 Å². The Morgan fingerprint density at radius 2 is 2.19 bits per heavy atom. The maximum atomic E-state index is 10.7. The minimum atomic E-state index is -0.966. The number of benzene rings is 1. The van der Waals surface area contributed by atoms with Gasteiger partial charge in [0.2, 0.25) is 0 Å². The summed E-state index contributed by atoms with van der Waals surface area (Å²) < 4.78 is 7.27. The highest BCUT2D eigenvalue weighted by Crippen LogP contribution is 2.21. The van der Waals surface area contributed by atoms with E-state index in [0.29, 0.717) is 6.54 Å². The van der Waals surface area contributed by atoms with Crippen LogP contribution in [0, 0.1) is 13.8 Å². The fourth-order valence-electron chi connectivity index (χ4n) is 2.06. The summed E-state index contributed by atoms with van der Waals surface area (Å²) in [5, 5.41) is 8.78. The van der Waals surface area contributed by atoms with Gasteiger partial charge in [0.05, 0.1) is 19.1 Å². The maximum absolute atomic E-state index is 10.7. The maximum Gasteiger partial charge on any atom is 0.328 e. The van der Waals surface area contributed by atoms with Crippen molar-refractivity contribution in [1.82, 2.24) is 9.55 Å².